The molecule has 0 aliphatic carbocycles. The summed E-state index contributed by atoms with van der Waals surface area (Å²) in [4.78, 5) is 4.40. The molecule has 3 nitrogen and oxygen atoms in total. The lowest BCUT2D eigenvalue weighted by Crippen LogP contribution is -2.06. The van der Waals surface area contributed by atoms with Crippen molar-refractivity contribution in [2.45, 2.75) is 6.42 Å². The largest absolute Gasteiger partial charge is 0.495 e. The Morgan fingerprint density at radius 3 is 2.79 bits per heavy atom. The highest BCUT2D eigenvalue weighted by Gasteiger charge is 2.12. The molecule has 0 saturated heterocycles. The summed E-state index contributed by atoms with van der Waals surface area (Å²) in [6.07, 6.45) is 0.380. The van der Waals surface area contributed by atoms with E-state index in [0.717, 1.165) is 0 Å². The molecule has 0 aromatic heterocycles. The van der Waals surface area contributed by atoms with Crippen molar-refractivity contribution in [2.24, 2.45) is 5.90 Å². The molecule has 5 heteroatoms. The number of hydrogen-bond acceptors (Lipinski definition) is 3. The topological polar surface area (TPSA) is 44.5 Å². The molecule has 0 heterocycles. The van der Waals surface area contributed by atoms with Crippen molar-refractivity contribution in [1.82, 2.24) is 0 Å². The average molecular weight is 264 g/mol. The highest BCUT2D eigenvalue weighted by atomic mass is 79.9. The standard InChI is InChI=1S/C9H11BrFNO2/c1-13-9-6(4-5-14-12)8(11)3-2-7(9)10/h2-3H,4-5,12H2,1H3. The zero-order valence-corrected chi connectivity index (χ0v) is 9.30. The van der Waals surface area contributed by atoms with Crippen LogP contribution in [0.4, 0.5) is 4.39 Å². The predicted molar refractivity (Wildman–Crippen MR) is 54.5 cm³/mol. The van der Waals surface area contributed by atoms with E-state index in [1.165, 1.54) is 13.2 Å². The van der Waals surface area contributed by atoms with E-state index in [1.807, 2.05) is 0 Å². The van der Waals surface area contributed by atoms with Gasteiger partial charge in [0, 0.05) is 12.0 Å². The van der Waals surface area contributed by atoms with Gasteiger partial charge in [0.2, 0.25) is 0 Å². The second-order valence-electron chi connectivity index (χ2n) is 2.66. The molecular formula is C9H11BrFNO2. The zero-order valence-electron chi connectivity index (χ0n) is 7.72. The van der Waals surface area contributed by atoms with Crippen molar-refractivity contribution in [2.75, 3.05) is 13.7 Å². The summed E-state index contributed by atoms with van der Waals surface area (Å²) in [5.74, 6) is 5.05. The maximum Gasteiger partial charge on any atom is 0.139 e. The second-order valence-corrected chi connectivity index (χ2v) is 3.52. The molecule has 0 unspecified atom stereocenters. The molecule has 1 aromatic carbocycles. The Morgan fingerprint density at radius 2 is 2.21 bits per heavy atom. The lowest BCUT2D eigenvalue weighted by Gasteiger charge is -2.10. The predicted octanol–water partition coefficient (Wildman–Crippen LogP) is 2.03. The minimum Gasteiger partial charge on any atom is -0.495 e. The van der Waals surface area contributed by atoms with Crippen molar-refractivity contribution >= 4 is 15.9 Å². The SMILES string of the molecule is COc1c(Br)ccc(F)c1CCON. The van der Waals surface area contributed by atoms with Crippen LogP contribution in [0, 0.1) is 5.82 Å². The van der Waals surface area contributed by atoms with Crippen molar-refractivity contribution in [1.29, 1.82) is 0 Å². The molecule has 0 radical (unpaired) electrons. The maximum atomic E-state index is 13.3. The van der Waals surface area contributed by atoms with Crippen LogP contribution in [-0.2, 0) is 11.3 Å². The third-order valence-corrected chi connectivity index (χ3v) is 2.45. The van der Waals surface area contributed by atoms with Crippen LogP contribution in [0.25, 0.3) is 0 Å². The Hall–Kier alpha value is -0.650. The van der Waals surface area contributed by atoms with Crippen LogP contribution in [0.3, 0.4) is 0 Å². The molecule has 0 aliphatic rings. The molecule has 78 valence electrons. The number of ether oxygens (including phenoxy) is 1. The first kappa shape index (κ1) is 11.4. The summed E-state index contributed by atoms with van der Waals surface area (Å²) in [7, 11) is 1.49. The summed E-state index contributed by atoms with van der Waals surface area (Å²) in [6, 6.07) is 2.97. The molecule has 0 bridgehead atoms. The van der Waals surface area contributed by atoms with E-state index in [-0.39, 0.29) is 12.4 Å². The quantitative estimate of drug-likeness (QED) is 0.846. The van der Waals surface area contributed by atoms with Crippen LogP contribution in [0.5, 0.6) is 5.75 Å². The monoisotopic (exact) mass is 263 g/mol. The fourth-order valence-corrected chi connectivity index (χ4v) is 1.72. The van der Waals surface area contributed by atoms with Gasteiger partial charge in [0.25, 0.3) is 0 Å². The number of halogens is 2. The van der Waals surface area contributed by atoms with Gasteiger partial charge in [-0.15, -0.1) is 0 Å². The van der Waals surface area contributed by atoms with Crippen molar-refractivity contribution in [3.8, 4) is 5.75 Å². The average Bonchev–Trinajstić information content (AvgIpc) is 2.19. The van der Waals surface area contributed by atoms with Gasteiger partial charge < -0.3 is 9.57 Å². The lowest BCUT2D eigenvalue weighted by atomic mass is 10.1. The second kappa shape index (κ2) is 5.29. The molecule has 2 N–H and O–H groups in total. The van der Waals surface area contributed by atoms with Crippen LogP contribution < -0.4 is 10.6 Å². The smallest absolute Gasteiger partial charge is 0.139 e. The fraction of sp³-hybridized carbons (Fsp3) is 0.333. The van der Waals surface area contributed by atoms with Gasteiger partial charge in [-0.05, 0) is 28.1 Å². The van der Waals surface area contributed by atoms with Crippen molar-refractivity contribution in [3.63, 3.8) is 0 Å². The van der Waals surface area contributed by atoms with Crippen LogP contribution in [0.1, 0.15) is 5.56 Å². The lowest BCUT2D eigenvalue weighted by molar-refractivity contribution is 0.140. The summed E-state index contributed by atoms with van der Waals surface area (Å²) < 4.78 is 19.1. The van der Waals surface area contributed by atoms with Gasteiger partial charge >= 0.3 is 0 Å². The zero-order chi connectivity index (χ0) is 10.6. The van der Waals surface area contributed by atoms with Gasteiger partial charge in [-0.2, -0.15) is 0 Å². The number of methoxy groups -OCH3 is 1. The maximum absolute atomic E-state index is 13.3. The summed E-state index contributed by atoms with van der Waals surface area (Å²) >= 11 is 3.27. The van der Waals surface area contributed by atoms with Gasteiger partial charge in [0.1, 0.15) is 11.6 Å². The van der Waals surface area contributed by atoms with Crippen LogP contribution in [0.2, 0.25) is 0 Å². The Kier molecular flexibility index (Phi) is 4.31. The highest BCUT2D eigenvalue weighted by molar-refractivity contribution is 9.10. The van der Waals surface area contributed by atoms with E-state index in [1.54, 1.807) is 6.07 Å². The third kappa shape index (κ3) is 2.43. The van der Waals surface area contributed by atoms with Gasteiger partial charge in [0.05, 0.1) is 18.2 Å². The third-order valence-electron chi connectivity index (χ3n) is 1.83. The van der Waals surface area contributed by atoms with Crippen LogP contribution in [-0.4, -0.2) is 13.7 Å². The van der Waals surface area contributed by atoms with E-state index in [2.05, 4.69) is 20.8 Å². The summed E-state index contributed by atoms with van der Waals surface area (Å²) in [5, 5.41) is 0. The van der Waals surface area contributed by atoms with E-state index >= 15 is 0 Å². The van der Waals surface area contributed by atoms with Crippen molar-refractivity contribution in [3.05, 3.63) is 28.0 Å². The Morgan fingerprint density at radius 1 is 1.50 bits per heavy atom. The van der Waals surface area contributed by atoms with Crippen LogP contribution >= 0.6 is 15.9 Å². The molecule has 0 aliphatic heterocycles. The molecule has 14 heavy (non-hydrogen) atoms. The Bertz CT molecular complexity index is 320. The van der Waals surface area contributed by atoms with Gasteiger partial charge in [-0.3, -0.25) is 0 Å². The molecule has 1 rings (SSSR count). The fourth-order valence-electron chi connectivity index (χ4n) is 1.19. The molecule has 0 saturated carbocycles. The first-order chi connectivity index (χ1) is 6.70. The number of rotatable bonds is 4. The molecule has 0 fully saturated rings. The Balaban J connectivity index is 3.03. The molecule has 0 amide bonds. The van der Waals surface area contributed by atoms with Gasteiger partial charge in [-0.1, -0.05) is 0 Å². The number of nitrogens with two attached hydrogens (primary N) is 1. The highest BCUT2D eigenvalue weighted by Crippen LogP contribution is 2.31. The number of hydrogen-bond donors (Lipinski definition) is 1. The summed E-state index contributed by atoms with van der Waals surface area (Å²) in [6.45, 7) is 0.254. The molecule has 1 aromatic rings. The summed E-state index contributed by atoms with van der Waals surface area (Å²) in [5.41, 5.74) is 0.465. The minimum absolute atomic E-state index is 0.254. The van der Waals surface area contributed by atoms with E-state index in [4.69, 9.17) is 10.6 Å². The van der Waals surface area contributed by atoms with E-state index in [0.29, 0.717) is 22.2 Å². The number of benzene rings is 1. The van der Waals surface area contributed by atoms with Crippen LogP contribution in [0.15, 0.2) is 16.6 Å². The van der Waals surface area contributed by atoms with Gasteiger partial charge in [0.15, 0.2) is 0 Å². The molecule has 0 atom stereocenters. The first-order valence-corrected chi connectivity index (χ1v) is 4.82. The first-order valence-electron chi connectivity index (χ1n) is 4.03. The van der Waals surface area contributed by atoms with E-state index in [9.17, 15) is 4.39 Å². The normalized spacial score (nSPS) is 10.3. The minimum atomic E-state index is -0.317. The molecule has 0 spiro atoms. The molecular weight excluding hydrogens is 253 g/mol. The van der Waals surface area contributed by atoms with Crippen molar-refractivity contribution < 1.29 is 14.0 Å². The van der Waals surface area contributed by atoms with E-state index < -0.39 is 0 Å². The van der Waals surface area contributed by atoms with Gasteiger partial charge in [-0.25, -0.2) is 10.3 Å². The Labute approximate surface area is 90.1 Å².